The van der Waals surface area contributed by atoms with Crippen molar-refractivity contribution in [2.75, 3.05) is 26.7 Å². The second-order valence-corrected chi connectivity index (χ2v) is 6.05. The van der Waals surface area contributed by atoms with Crippen molar-refractivity contribution >= 4 is 0 Å². The normalized spacial score (nSPS) is 23.6. The Kier molecular flexibility index (Phi) is 4.13. The van der Waals surface area contributed by atoms with Crippen molar-refractivity contribution < 1.29 is 0 Å². The Labute approximate surface area is 115 Å². The third-order valence-electron chi connectivity index (χ3n) is 4.32. The third kappa shape index (κ3) is 3.15. The van der Waals surface area contributed by atoms with Gasteiger partial charge in [0.1, 0.15) is 11.6 Å². The summed E-state index contributed by atoms with van der Waals surface area (Å²) in [6.07, 6.45) is 6.31. The maximum atomic E-state index is 4.39. The molecule has 1 atom stereocenters. The highest BCUT2D eigenvalue weighted by Crippen LogP contribution is 2.16. The van der Waals surface area contributed by atoms with Crippen LogP contribution in [0.15, 0.2) is 0 Å². The van der Waals surface area contributed by atoms with E-state index < -0.39 is 0 Å². The molecule has 5 nitrogen and oxygen atoms in total. The van der Waals surface area contributed by atoms with E-state index in [0.717, 1.165) is 37.8 Å². The van der Waals surface area contributed by atoms with Crippen molar-refractivity contribution in [1.29, 1.82) is 0 Å². The summed E-state index contributed by atoms with van der Waals surface area (Å²) >= 11 is 0. The average molecular weight is 263 g/mol. The van der Waals surface area contributed by atoms with Gasteiger partial charge >= 0.3 is 0 Å². The fourth-order valence-corrected chi connectivity index (χ4v) is 3.31. The Morgan fingerprint density at radius 1 is 1.32 bits per heavy atom. The van der Waals surface area contributed by atoms with E-state index >= 15 is 0 Å². The summed E-state index contributed by atoms with van der Waals surface area (Å²) in [6.45, 7) is 5.56. The van der Waals surface area contributed by atoms with Gasteiger partial charge in [0.15, 0.2) is 0 Å². The molecule has 0 radical (unpaired) electrons. The van der Waals surface area contributed by atoms with Crippen molar-refractivity contribution in [1.82, 2.24) is 25.0 Å². The van der Waals surface area contributed by atoms with Gasteiger partial charge in [-0.2, -0.15) is 0 Å². The molecule has 1 N–H and O–H groups in total. The van der Waals surface area contributed by atoms with Gasteiger partial charge in [0.2, 0.25) is 0 Å². The van der Waals surface area contributed by atoms with Gasteiger partial charge in [-0.25, -0.2) is 0 Å². The molecule has 1 unspecified atom stereocenters. The molecule has 0 amide bonds. The zero-order valence-corrected chi connectivity index (χ0v) is 11.9. The highest BCUT2D eigenvalue weighted by atomic mass is 15.3. The number of piperidine rings is 1. The molecule has 0 spiro atoms. The third-order valence-corrected chi connectivity index (χ3v) is 4.32. The van der Waals surface area contributed by atoms with Crippen LogP contribution < -0.4 is 5.32 Å². The van der Waals surface area contributed by atoms with Crippen LogP contribution in [0, 0.1) is 5.92 Å². The van der Waals surface area contributed by atoms with Crippen LogP contribution in [0.2, 0.25) is 0 Å². The van der Waals surface area contributed by atoms with Crippen LogP contribution in [-0.4, -0.2) is 46.3 Å². The zero-order valence-electron chi connectivity index (χ0n) is 11.9. The van der Waals surface area contributed by atoms with E-state index in [-0.39, 0.29) is 0 Å². The van der Waals surface area contributed by atoms with Gasteiger partial charge in [-0.05, 0) is 51.7 Å². The molecule has 0 bridgehead atoms. The predicted molar refractivity (Wildman–Crippen MR) is 74.9 cm³/mol. The Bertz CT molecular complexity index is 408. The number of nitrogens with zero attached hydrogens (tertiary/aromatic N) is 4. The molecule has 3 heterocycles. The van der Waals surface area contributed by atoms with Crippen LogP contribution in [0.25, 0.3) is 0 Å². The van der Waals surface area contributed by atoms with Crippen LogP contribution in [-0.2, 0) is 19.5 Å². The molecule has 106 valence electrons. The van der Waals surface area contributed by atoms with Gasteiger partial charge in [0.05, 0.1) is 6.54 Å². The standard InChI is InChI=1S/C14H25N5/c1-18(10-12-5-4-7-15-9-12)11-14-17-16-13-6-2-3-8-19(13)14/h12,15H,2-11H2,1H3. The molecule has 0 saturated carbocycles. The minimum Gasteiger partial charge on any atom is -0.316 e. The fourth-order valence-electron chi connectivity index (χ4n) is 3.31. The quantitative estimate of drug-likeness (QED) is 0.882. The summed E-state index contributed by atoms with van der Waals surface area (Å²) in [5.74, 6) is 3.14. The lowest BCUT2D eigenvalue weighted by Crippen LogP contribution is -2.37. The molecule has 0 aliphatic carbocycles. The monoisotopic (exact) mass is 263 g/mol. The van der Waals surface area contributed by atoms with E-state index in [1.807, 2.05) is 0 Å². The molecule has 1 saturated heterocycles. The predicted octanol–water partition coefficient (Wildman–Crippen LogP) is 1.05. The van der Waals surface area contributed by atoms with E-state index in [9.17, 15) is 0 Å². The van der Waals surface area contributed by atoms with Crippen molar-refractivity contribution in [3.63, 3.8) is 0 Å². The smallest absolute Gasteiger partial charge is 0.147 e. The molecule has 2 aliphatic rings. The average Bonchev–Trinajstić information content (AvgIpc) is 2.83. The SMILES string of the molecule is CN(Cc1nnc2n1CCCC2)CC1CCCNC1. The summed E-state index contributed by atoms with van der Waals surface area (Å²) < 4.78 is 2.33. The lowest BCUT2D eigenvalue weighted by Gasteiger charge is -2.27. The van der Waals surface area contributed by atoms with Crippen LogP contribution >= 0.6 is 0 Å². The zero-order chi connectivity index (χ0) is 13.1. The van der Waals surface area contributed by atoms with Crippen molar-refractivity contribution in [3.8, 4) is 0 Å². The summed E-state index contributed by atoms with van der Waals surface area (Å²) in [5, 5.41) is 12.2. The number of fused-ring (bicyclic) bond motifs is 1. The molecule has 3 rings (SSSR count). The lowest BCUT2D eigenvalue weighted by molar-refractivity contribution is 0.230. The molecule has 1 aromatic rings. The summed E-state index contributed by atoms with van der Waals surface area (Å²) in [6, 6.07) is 0. The largest absolute Gasteiger partial charge is 0.316 e. The topological polar surface area (TPSA) is 46.0 Å². The summed E-state index contributed by atoms with van der Waals surface area (Å²) in [7, 11) is 2.21. The first-order chi connectivity index (χ1) is 9.33. The molecule has 19 heavy (non-hydrogen) atoms. The van der Waals surface area contributed by atoms with Crippen LogP contribution in [0.4, 0.5) is 0 Å². The highest BCUT2D eigenvalue weighted by Gasteiger charge is 2.19. The van der Waals surface area contributed by atoms with Crippen LogP contribution in [0.1, 0.15) is 37.3 Å². The minimum atomic E-state index is 0.794. The maximum Gasteiger partial charge on any atom is 0.147 e. The molecule has 5 heteroatoms. The second kappa shape index (κ2) is 6.01. The molecular formula is C14H25N5. The fraction of sp³-hybridized carbons (Fsp3) is 0.857. The van der Waals surface area contributed by atoms with E-state index in [4.69, 9.17) is 0 Å². The Hall–Kier alpha value is -0.940. The molecular weight excluding hydrogens is 238 g/mol. The number of aryl methyl sites for hydroxylation is 1. The number of nitrogens with one attached hydrogen (secondary N) is 1. The Morgan fingerprint density at radius 3 is 3.11 bits per heavy atom. The van der Waals surface area contributed by atoms with Gasteiger partial charge in [0, 0.05) is 19.5 Å². The van der Waals surface area contributed by atoms with Crippen molar-refractivity contribution in [2.24, 2.45) is 5.92 Å². The van der Waals surface area contributed by atoms with Crippen molar-refractivity contribution in [3.05, 3.63) is 11.6 Å². The maximum absolute atomic E-state index is 4.39. The van der Waals surface area contributed by atoms with Gasteiger partial charge in [-0.3, -0.25) is 4.90 Å². The summed E-state index contributed by atoms with van der Waals surface area (Å²) in [5.41, 5.74) is 0. The first kappa shape index (κ1) is 13.1. The van der Waals surface area contributed by atoms with E-state index in [2.05, 4.69) is 32.0 Å². The number of rotatable bonds is 4. The van der Waals surface area contributed by atoms with Crippen molar-refractivity contribution in [2.45, 2.75) is 45.2 Å². The Morgan fingerprint density at radius 2 is 2.26 bits per heavy atom. The molecule has 1 fully saturated rings. The first-order valence-electron chi connectivity index (χ1n) is 7.63. The highest BCUT2D eigenvalue weighted by molar-refractivity contribution is 4.98. The number of hydrogen-bond donors (Lipinski definition) is 1. The van der Waals surface area contributed by atoms with Gasteiger partial charge < -0.3 is 9.88 Å². The van der Waals surface area contributed by atoms with E-state index in [1.54, 1.807) is 0 Å². The van der Waals surface area contributed by atoms with Gasteiger partial charge in [-0.15, -0.1) is 10.2 Å². The Balaban J connectivity index is 1.56. The summed E-state index contributed by atoms with van der Waals surface area (Å²) in [4.78, 5) is 2.41. The minimum absolute atomic E-state index is 0.794. The number of aromatic nitrogens is 3. The molecule has 1 aromatic heterocycles. The lowest BCUT2D eigenvalue weighted by atomic mass is 9.99. The first-order valence-corrected chi connectivity index (χ1v) is 7.63. The second-order valence-electron chi connectivity index (χ2n) is 6.05. The van der Waals surface area contributed by atoms with Gasteiger partial charge in [0.25, 0.3) is 0 Å². The van der Waals surface area contributed by atoms with Gasteiger partial charge in [-0.1, -0.05) is 0 Å². The van der Waals surface area contributed by atoms with Crippen LogP contribution in [0.3, 0.4) is 0 Å². The van der Waals surface area contributed by atoms with E-state index in [1.165, 1.54) is 44.6 Å². The molecule has 2 aliphatic heterocycles. The van der Waals surface area contributed by atoms with Crippen LogP contribution in [0.5, 0.6) is 0 Å². The molecule has 0 aromatic carbocycles. The van der Waals surface area contributed by atoms with E-state index in [0.29, 0.717) is 0 Å². The number of hydrogen-bond acceptors (Lipinski definition) is 4.